The van der Waals surface area contributed by atoms with E-state index >= 15 is 0 Å². The van der Waals surface area contributed by atoms with Gasteiger partial charge in [0, 0.05) is 19.3 Å². The van der Waals surface area contributed by atoms with Crippen molar-refractivity contribution in [2.24, 2.45) is 0 Å². The highest BCUT2D eigenvalue weighted by atomic mass is 16.6. The van der Waals surface area contributed by atoms with Gasteiger partial charge in [0.05, 0.1) is 0 Å². The molecule has 0 aromatic carbocycles. The number of rotatable bonds is 61. The minimum atomic E-state index is -0.792. The van der Waals surface area contributed by atoms with Crippen LogP contribution >= 0.6 is 0 Å². The fraction of sp³-hybridized carbons (Fsp3) is 0.693. The van der Waals surface area contributed by atoms with Crippen LogP contribution in [0, 0.1) is 0 Å². The molecule has 0 saturated heterocycles. The van der Waals surface area contributed by atoms with Gasteiger partial charge in [-0.15, -0.1) is 0 Å². The molecule has 6 nitrogen and oxygen atoms in total. The molecule has 81 heavy (non-hydrogen) atoms. The molecule has 0 radical (unpaired) electrons. The van der Waals surface area contributed by atoms with Crippen molar-refractivity contribution in [3.05, 3.63) is 122 Å². The maximum absolute atomic E-state index is 13.0. The lowest BCUT2D eigenvalue weighted by Gasteiger charge is -2.18. The lowest BCUT2D eigenvalue weighted by Crippen LogP contribution is -2.30. The molecule has 1 unspecified atom stereocenters. The number of hydrogen-bond donors (Lipinski definition) is 0. The Morgan fingerprint density at radius 2 is 0.481 bits per heavy atom. The molecule has 0 spiro atoms. The fourth-order valence-corrected chi connectivity index (χ4v) is 9.40. The summed E-state index contributed by atoms with van der Waals surface area (Å²) in [6, 6.07) is 0. The van der Waals surface area contributed by atoms with Crippen LogP contribution in [0.15, 0.2) is 122 Å². The third-order valence-electron chi connectivity index (χ3n) is 14.4. The normalized spacial score (nSPS) is 12.9. The smallest absolute Gasteiger partial charge is 0.306 e. The van der Waals surface area contributed by atoms with Gasteiger partial charge in [0.2, 0.25) is 0 Å². The van der Waals surface area contributed by atoms with Gasteiger partial charge in [-0.25, -0.2) is 0 Å². The Morgan fingerprint density at radius 1 is 0.259 bits per heavy atom. The highest BCUT2D eigenvalue weighted by Crippen LogP contribution is 2.16. The van der Waals surface area contributed by atoms with Gasteiger partial charge in [-0.1, -0.05) is 290 Å². The number of allylic oxidation sites excluding steroid dienone is 20. The van der Waals surface area contributed by atoms with Crippen LogP contribution in [0.3, 0.4) is 0 Å². The van der Waals surface area contributed by atoms with Crippen molar-refractivity contribution in [3.63, 3.8) is 0 Å². The molecular formula is C75H126O6. The quantitative estimate of drug-likeness (QED) is 0.0261. The van der Waals surface area contributed by atoms with E-state index in [1.165, 1.54) is 141 Å². The van der Waals surface area contributed by atoms with E-state index in [9.17, 15) is 14.4 Å². The van der Waals surface area contributed by atoms with Crippen LogP contribution in [0.25, 0.3) is 0 Å². The SMILES string of the molecule is CC/C=C\C/C=C\C/C=C\C/C=C\CCCCCCCCCCCCCCC(=O)OCC(COC(=O)CCCCCCC/C=C\C/C=C\CCCCC)OC(=O)CCCCCCCCCCCC/C=C\C/C=C\C/C=C\C/C=C\CC. The van der Waals surface area contributed by atoms with E-state index in [2.05, 4.69) is 142 Å². The first-order chi connectivity index (χ1) is 40.0. The Morgan fingerprint density at radius 3 is 0.753 bits per heavy atom. The van der Waals surface area contributed by atoms with Crippen molar-refractivity contribution in [3.8, 4) is 0 Å². The molecule has 1 atom stereocenters. The van der Waals surface area contributed by atoms with Crippen molar-refractivity contribution < 1.29 is 28.6 Å². The minimum Gasteiger partial charge on any atom is -0.462 e. The van der Waals surface area contributed by atoms with Gasteiger partial charge in [-0.3, -0.25) is 14.4 Å². The number of carbonyl (C=O) groups is 3. The van der Waals surface area contributed by atoms with E-state index in [1.54, 1.807) is 0 Å². The zero-order chi connectivity index (χ0) is 58.5. The van der Waals surface area contributed by atoms with Crippen LogP contribution < -0.4 is 0 Å². The fourth-order valence-electron chi connectivity index (χ4n) is 9.40. The van der Waals surface area contributed by atoms with Gasteiger partial charge in [0.25, 0.3) is 0 Å². The number of unbranched alkanes of at least 4 members (excludes halogenated alkanes) is 30. The first-order valence-electron chi connectivity index (χ1n) is 34.0. The zero-order valence-electron chi connectivity index (χ0n) is 53.0. The van der Waals surface area contributed by atoms with Crippen LogP contribution in [0.2, 0.25) is 0 Å². The summed E-state index contributed by atoms with van der Waals surface area (Å²) in [7, 11) is 0. The standard InChI is InChI=1S/C75H126O6/c1-4-7-10-13-16-19-22-25-28-30-32-34-36-37-39-40-42-44-47-50-53-56-59-62-65-68-74(77)80-71-72(70-79-73(76)67-64-61-58-55-52-49-46-27-24-21-18-15-12-9-6-3)81-75(78)69-66-63-60-57-54-51-48-45-43-41-38-35-33-31-29-26-23-20-17-14-11-8-5-2/h7-8,10-11,16-21,25-29,32-35,46,72H,4-6,9,12-15,22-24,30-31,36-45,47-71H2,1-3H3/b10-7-,11-8-,19-16-,20-17-,21-18-,28-25-,29-26-,34-32-,35-33-,46-27-. The van der Waals surface area contributed by atoms with Gasteiger partial charge >= 0.3 is 17.9 Å². The third-order valence-corrected chi connectivity index (χ3v) is 14.4. The first-order valence-corrected chi connectivity index (χ1v) is 34.0. The average molecular weight is 1120 g/mol. The highest BCUT2D eigenvalue weighted by molar-refractivity contribution is 5.71. The Labute approximate surface area is 501 Å². The van der Waals surface area contributed by atoms with Crippen LogP contribution in [-0.4, -0.2) is 37.2 Å². The lowest BCUT2D eigenvalue weighted by molar-refractivity contribution is -0.167. The van der Waals surface area contributed by atoms with E-state index in [0.29, 0.717) is 19.3 Å². The molecule has 0 N–H and O–H groups in total. The van der Waals surface area contributed by atoms with Crippen molar-refractivity contribution in [2.75, 3.05) is 13.2 Å². The molecule has 0 fully saturated rings. The average Bonchev–Trinajstić information content (AvgIpc) is 3.47. The molecule has 0 aliphatic heterocycles. The topological polar surface area (TPSA) is 78.9 Å². The molecular weight excluding hydrogens is 997 g/mol. The molecule has 0 aromatic rings. The molecule has 6 heteroatoms. The van der Waals surface area contributed by atoms with Gasteiger partial charge in [-0.2, -0.15) is 0 Å². The number of hydrogen-bond acceptors (Lipinski definition) is 6. The van der Waals surface area contributed by atoms with Gasteiger partial charge < -0.3 is 14.2 Å². The molecule has 0 aliphatic carbocycles. The summed E-state index contributed by atoms with van der Waals surface area (Å²) < 4.78 is 17.0. The lowest BCUT2D eigenvalue weighted by atomic mass is 10.0. The van der Waals surface area contributed by atoms with Gasteiger partial charge in [-0.05, 0) is 128 Å². The van der Waals surface area contributed by atoms with Gasteiger partial charge in [0.1, 0.15) is 13.2 Å². The van der Waals surface area contributed by atoms with E-state index < -0.39 is 6.10 Å². The molecule has 0 heterocycles. The van der Waals surface area contributed by atoms with Crippen LogP contribution in [0.4, 0.5) is 0 Å². The van der Waals surface area contributed by atoms with Crippen LogP contribution in [0.5, 0.6) is 0 Å². The van der Waals surface area contributed by atoms with E-state index in [-0.39, 0.29) is 31.1 Å². The Kier molecular flexibility index (Phi) is 64.8. The number of esters is 3. The second-order valence-electron chi connectivity index (χ2n) is 22.3. The minimum absolute atomic E-state index is 0.0860. The van der Waals surface area contributed by atoms with Crippen molar-refractivity contribution in [1.29, 1.82) is 0 Å². The van der Waals surface area contributed by atoms with Crippen LogP contribution in [0.1, 0.15) is 316 Å². The monoisotopic (exact) mass is 1120 g/mol. The summed E-state index contributed by atoms with van der Waals surface area (Å²) in [4.78, 5) is 38.4. The molecule has 0 bridgehead atoms. The Bertz CT molecular complexity index is 1670. The summed E-state index contributed by atoms with van der Waals surface area (Å²) >= 11 is 0. The number of carbonyl (C=O) groups excluding carboxylic acids is 3. The maximum Gasteiger partial charge on any atom is 0.306 e. The summed E-state index contributed by atoms with van der Waals surface area (Å²) in [5, 5.41) is 0. The maximum atomic E-state index is 13.0. The Hall–Kier alpha value is -4.19. The summed E-state index contributed by atoms with van der Waals surface area (Å²) in [6.07, 6.45) is 94.9. The summed E-state index contributed by atoms with van der Waals surface area (Å²) in [5.41, 5.74) is 0. The molecule has 0 aliphatic rings. The van der Waals surface area contributed by atoms with Gasteiger partial charge in [0.15, 0.2) is 6.10 Å². The summed E-state index contributed by atoms with van der Waals surface area (Å²) in [6.45, 7) is 6.40. The summed E-state index contributed by atoms with van der Waals surface area (Å²) in [5.74, 6) is -0.897. The van der Waals surface area contributed by atoms with Crippen molar-refractivity contribution in [1.82, 2.24) is 0 Å². The molecule has 0 amide bonds. The third kappa shape index (κ3) is 66.5. The largest absolute Gasteiger partial charge is 0.462 e. The van der Waals surface area contributed by atoms with E-state index in [0.717, 1.165) is 135 Å². The molecule has 0 saturated carbocycles. The highest BCUT2D eigenvalue weighted by Gasteiger charge is 2.19. The molecule has 462 valence electrons. The van der Waals surface area contributed by atoms with E-state index in [1.807, 2.05) is 0 Å². The van der Waals surface area contributed by atoms with Crippen molar-refractivity contribution >= 4 is 17.9 Å². The predicted molar refractivity (Wildman–Crippen MR) is 353 cm³/mol. The predicted octanol–water partition coefficient (Wildman–Crippen LogP) is 23.6. The van der Waals surface area contributed by atoms with Crippen molar-refractivity contribution in [2.45, 2.75) is 322 Å². The second-order valence-corrected chi connectivity index (χ2v) is 22.3. The van der Waals surface area contributed by atoms with Crippen LogP contribution in [-0.2, 0) is 28.6 Å². The zero-order valence-corrected chi connectivity index (χ0v) is 53.0. The molecule has 0 aromatic heterocycles. The Balaban J connectivity index is 4.36. The second kappa shape index (κ2) is 68.3. The number of ether oxygens (including phenoxy) is 3. The molecule has 0 rings (SSSR count). The first kappa shape index (κ1) is 76.8. The van der Waals surface area contributed by atoms with E-state index in [4.69, 9.17) is 14.2 Å².